The van der Waals surface area contributed by atoms with E-state index in [-0.39, 0.29) is 21.3 Å². The molecule has 11 heteroatoms. The molecule has 1 fully saturated rings. The second kappa shape index (κ2) is 13.4. The van der Waals surface area contributed by atoms with Crippen LogP contribution >= 0.6 is 11.3 Å². The Kier molecular flexibility index (Phi) is 9.48. The molecule has 1 aliphatic carbocycles. The number of rotatable bonds is 8. The van der Waals surface area contributed by atoms with Crippen molar-refractivity contribution < 1.29 is 18.0 Å². The maximum Gasteiger partial charge on any atom is 0.324 e. The van der Waals surface area contributed by atoms with Crippen molar-refractivity contribution >= 4 is 50.6 Å². The molecular formula is C37H43N5O4S2. The Balaban J connectivity index is 1.30. The van der Waals surface area contributed by atoms with Crippen LogP contribution in [0.4, 0.5) is 16.3 Å². The predicted octanol–water partition coefficient (Wildman–Crippen LogP) is 7.51. The third-order valence-corrected chi connectivity index (χ3v) is 12.2. The van der Waals surface area contributed by atoms with E-state index in [1.807, 2.05) is 73.7 Å². The standard InChI is InChI=1S/C37H43N5O4S2/c1-23-13-15-27(16-14-23)42-31(22-30(41-42)37(2,3)4)40-36(44)39-26-10-8-9-25(21-26)32(24-17-19-38-20-18-24)33(43)34-28-11-6-7-12-29(28)35(47-34)48(5,45)46/h7-10,12-16,21-22,24,32,38H,6,11,17-20H2,1-5H3,(H2,39,40,44). The summed E-state index contributed by atoms with van der Waals surface area (Å²) in [6, 6.07) is 16.9. The molecule has 9 nitrogen and oxygen atoms in total. The van der Waals surface area contributed by atoms with Crippen LogP contribution in [0.5, 0.6) is 0 Å². The molecule has 0 saturated carbocycles. The number of amides is 2. The lowest BCUT2D eigenvalue weighted by atomic mass is 9.76. The van der Waals surface area contributed by atoms with Crippen LogP contribution in [0.1, 0.15) is 83.6 Å². The van der Waals surface area contributed by atoms with Crippen LogP contribution in [0.15, 0.2) is 64.9 Å². The zero-order valence-electron chi connectivity index (χ0n) is 28.1. The Morgan fingerprint density at radius 1 is 1.04 bits per heavy atom. The highest BCUT2D eigenvalue weighted by molar-refractivity contribution is 7.92. The number of anilines is 2. The van der Waals surface area contributed by atoms with Crippen molar-refractivity contribution in [2.24, 2.45) is 5.92 Å². The first-order valence-corrected chi connectivity index (χ1v) is 19.1. The topological polar surface area (TPSA) is 122 Å². The minimum Gasteiger partial charge on any atom is -0.317 e. The van der Waals surface area contributed by atoms with Gasteiger partial charge in [0.05, 0.1) is 22.2 Å². The van der Waals surface area contributed by atoms with Crippen molar-refractivity contribution in [2.45, 2.75) is 68.9 Å². The third kappa shape index (κ3) is 7.18. The minimum atomic E-state index is -3.50. The highest BCUT2D eigenvalue weighted by atomic mass is 32.2. The summed E-state index contributed by atoms with van der Waals surface area (Å²) < 4.78 is 27.5. The van der Waals surface area contributed by atoms with Crippen molar-refractivity contribution in [1.29, 1.82) is 0 Å². The first kappa shape index (κ1) is 33.8. The maximum atomic E-state index is 14.6. The molecule has 0 spiro atoms. The van der Waals surface area contributed by atoms with Gasteiger partial charge in [0, 0.05) is 29.0 Å². The second-order valence-corrected chi connectivity index (χ2v) is 17.1. The molecule has 0 bridgehead atoms. The number of urea groups is 1. The average molecular weight is 686 g/mol. The number of benzene rings is 2. The van der Waals surface area contributed by atoms with Crippen LogP contribution < -0.4 is 16.0 Å². The van der Waals surface area contributed by atoms with E-state index in [2.05, 4.69) is 36.7 Å². The number of thiophene rings is 1. The lowest BCUT2D eigenvalue weighted by Gasteiger charge is -2.30. The van der Waals surface area contributed by atoms with Crippen molar-refractivity contribution in [3.8, 4) is 5.69 Å². The zero-order chi connectivity index (χ0) is 34.2. The summed E-state index contributed by atoms with van der Waals surface area (Å²) in [5.41, 5.74) is 5.43. The lowest BCUT2D eigenvalue weighted by Crippen LogP contribution is -2.33. The number of carbonyl (C=O) groups excluding carboxylic acids is 2. The van der Waals surface area contributed by atoms with Gasteiger partial charge in [-0.3, -0.25) is 10.1 Å². The molecule has 2 aliphatic rings. The van der Waals surface area contributed by atoms with Gasteiger partial charge in [-0.25, -0.2) is 17.9 Å². The summed E-state index contributed by atoms with van der Waals surface area (Å²) in [7, 11) is -3.50. The molecule has 4 aromatic rings. The molecule has 2 amide bonds. The number of ketones is 1. The Morgan fingerprint density at radius 2 is 1.77 bits per heavy atom. The molecule has 1 saturated heterocycles. The van der Waals surface area contributed by atoms with Crippen LogP contribution in [0.3, 0.4) is 0 Å². The molecule has 3 N–H and O–H groups in total. The first-order valence-electron chi connectivity index (χ1n) is 16.4. The number of nitrogens with zero attached hydrogens (tertiary/aromatic N) is 2. The fraction of sp³-hybridized carbons (Fsp3) is 0.378. The molecule has 1 unspecified atom stereocenters. The van der Waals surface area contributed by atoms with Crippen molar-refractivity contribution in [3.63, 3.8) is 0 Å². The van der Waals surface area contributed by atoms with Gasteiger partial charge in [0.25, 0.3) is 0 Å². The number of nitrogens with one attached hydrogen (secondary N) is 3. The summed E-state index contributed by atoms with van der Waals surface area (Å²) in [6.07, 6.45) is 8.06. The van der Waals surface area contributed by atoms with Gasteiger partial charge in [0.1, 0.15) is 10.0 Å². The molecule has 3 heterocycles. The zero-order valence-corrected chi connectivity index (χ0v) is 29.7. The van der Waals surface area contributed by atoms with Crippen LogP contribution in [-0.2, 0) is 21.7 Å². The minimum absolute atomic E-state index is 0.0494. The Morgan fingerprint density at radius 3 is 2.46 bits per heavy atom. The van der Waals surface area contributed by atoms with Gasteiger partial charge in [0.2, 0.25) is 0 Å². The molecule has 0 radical (unpaired) electrons. The summed E-state index contributed by atoms with van der Waals surface area (Å²) in [4.78, 5) is 28.6. The predicted molar refractivity (Wildman–Crippen MR) is 194 cm³/mol. The van der Waals surface area contributed by atoms with E-state index in [0.29, 0.717) is 28.4 Å². The Bertz CT molecular complexity index is 1980. The number of Topliss-reactive ketones (excluding diaryl/α,β-unsaturated/α-hetero) is 1. The van der Waals surface area contributed by atoms with Crippen LogP contribution in [-0.4, -0.2) is 49.4 Å². The van der Waals surface area contributed by atoms with E-state index in [4.69, 9.17) is 5.10 Å². The van der Waals surface area contributed by atoms with E-state index in [9.17, 15) is 18.0 Å². The van der Waals surface area contributed by atoms with Crippen LogP contribution in [0, 0.1) is 12.8 Å². The number of aryl methyl sites for hydroxylation is 1. The number of hydrogen-bond acceptors (Lipinski definition) is 7. The van der Waals surface area contributed by atoms with Crippen molar-refractivity contribution in [3.05, 3.63) is 93.5 Å². The molecule has 6 rings (SSSR count). The number of fused-ring (bicyclic) bond motifs is 1. The van der Waals surface area contributed by atoms with Crippen LogP contribution in [0.25, 0.3) is 11.8 Å². The lowest BCUT2D eigenvalue weighted by molar-refractivity contribution is 0.0919. The van der Waals surface area contributed by atoms with E-state index in [1.165, 1.54) is 6.26 Å². The van der Waals surface area contributed by atoms with E-state index in [1.54, 1.807) is 4.68 Å². The molecule has 1 atom stereocenters. The average Bonchev–Trinajstić information content (AvgIpc) is 3.65. The highest BCUT2D eigenvalue weighted by Crippen LogP contribution is 2.42. The third-order valence-electron chi connectivity index (χ3n) is 9.06. The number of sulfone groups is 1. The molecule has 252 valence electrons. The monoisotopic (exact) mass is 685 g/mol. The van der Waals surface area contributed by atoms with Crippen molar-refractivity contribution in [2.75, 3.05) is 30.0 Å². The van der Waals surface area contributed by atoms with Gasteiger partial charge in [-0.15, -0.1) is 11.3 Å². The quantitative estimate of drug-likeness (QED) is 0.165. The molecule has 2 aromatic heterocycles. The summed E-state index contributed by atoms with van der Waals surface area (Å²) in [5, 5.41) is 14.2. The SMILES string of the molecule is Cc1ccc(-n2nc(C(C)(C)C)cc2NC(=O)Nc2cccc(C(C(=O)c3sc(S(C)(=O)=O)c4c3CCC=C4)C3CCNCC3)c2)cc1. The molecule has 1 aliphatic heterocycles. The second-order valence-electron chi connectivity index (χ2n) is 13.9. The Labute approximate surface area is 286 Å². The normalized spacial score (nSPS) is 15.9. The number of aromatic nitrogens is 2. The smallest absolute Gasteiger partial charge is 0.317 e. The fourth-order valence-corrected chi connectivity index (χ4v) is 9.03. The molecule has 48 heavy (non-hydrogen) atoms. The Hall–Kier alpha value is -4.06. The van der Waals surface area contributed by atoms with Gasteiger partial charge in [-0.2, -0.15) is 5.10 Å². The number of hydrogen-bond donors (Lipinski definition) is 3. The molecular weight excluding hydrogens is 643 g/mol. The maximum absolute atomic E-state index is 14.6. The van der Waals surface area contributed by atoms with Gasteiger partial charge >= 0.3 is 6.03 Å². The van der Waals surface area contributed by atoms with Gasteiger partial charge in [-0.1, -0.05) is 62.8 Å². The number of piperidine rings is 1. The van der Waals surface area contributed by atoms with Gasteiger partial charge < -0.3 is 10.6 Å². The number of carbonyl (C=O) groups is 2. The van der Waals surface area contributed by atoms with E-state index < -0.39 is 21.8 Å². The van der Waals surface area contributed by atoms with Crippen LogP contribution in [0.2, 0.25) is 0 Å². The van der Waals surface area contributed by atoms with E-state index >= 15 is 0 Å². The van der Waals surface area contributed by atoms with Crippen molar-refractivity contribution in [1.82, 2.24) is 15.1 Å². The highest BCUT2D eigenvalue weighted by Gasteiger charge is 2.36. The van der Waals surface area contributed by atoms with Gasteiger partial charge in [-0.05, 0) is 87.0 Å². The molecule has 2 aromatic carbocycles. The van der Waals surface area contributed by atoms with E-state index in [0.717, 1.165) is 71.8 Å². The van der Waals surface area contributed by atoms with Gasteiger partial charge in [0.15, 0.2) is 15.6 Å². The largest absolute Gasteiger partial charge is 0.324 e. The first-order chi connectivity index (χ1) is 22.8. The summed E-state index contributed by atoms with van der Waals surface area (Å²) >= 11 is 1.10. The fourth-order valence-electron chi connectivity index (χ4n) is 6.54. The summed E-state index contributed by atoms with van der Waals surface area (Å²) in [6.45, 7) is 9.87. The number of allylic oxidation sites excluding steroid dienone is 1. The summed E-state index contributed by atoms with van der Waals surface area (Å²) in [5.74, 6) is 0.0846.